The molecular formula is C27H31ClN4O5S2. The lowest BCUT2D eigenvalue weighted by Crippen LogP contribution is -2.37. The van der Waals surface area contributed by atoms with Gasteiger partial charge < -0.3 is 15.4 Å². The molecular weight excluding hydrogens is 560 g/mol. The van der Waals surface area contributed by atoms with Crippen LogP contribution in [0.3, 0.4) is 0 Å². The maximum atomic E-state index is 13.0. The van der Waals surface area contributed by atoms with Crippen LogP contribution < -0.4 is 15.4 Å². The summed E-state index contributed by atoms with van der Waals surface area (Å²) in [5.41, 5.74) is 1.86. The number of thiazole rings is 1. The minimum Gasteiger partial charge on any atom is -0.493 e. The largest absolute Gasteiger partial charge is 0.493 e. The van der Waals surface area contributed by atoms with Gasteiger partial charge >= 0.3 is 0 Å². The molecule has 2 amide bonds. The van der Waals surface area contributed by atoms with Crippen molar-refractivity contribution >= 4 is 50.5 Å². The lowest BCUT2D eigenvalue weighted by atomic mass is 9.99. The molecule has 12 heteroatoms. The van der Waals surface area contributed by atoms with Crippen molar-refractivity contribution in [3.8, 4) is 5.75 Å². The third-order valence-corrected chi connectivity index (χ3v) is 9.68. The van der Waals surface area contributed by atoms with E-state index in [2.05, 4.69) is 15.6 Å². The number of nitrogens with one attached hydrogen (secondary N) is 2. The van der Waals surface area contributed by atoms with Crippen LogP contribution in [-0.4, -0.2) is 55.8 Å². The van der Waals surface area contributed by atoms with Crippen LogP contribution >= 0.6 is 22.9 Å². The van der Waals surface area contributed by atoms with Crippen molar-refractivity contribution < 1.29 is 22.7 Å². The number of sulfonamides is 1. The zero-order valence-electron chi connectivity index (χ0n) is 21.8. The first-order valence-corrected chi connectivity index (χ1v) is 15.3. The molecule has 39 heavy (non-hydrogen) atoms. The number of ether oxygens (including phenoxy) is 1. The molecule has 2 aromatic carbocycles. The SMILES string of the molecule is CC(=O)Nc1cccc(OCCCNC(=O)c2csc(C3CCN(S(=O)(=O)c4ccc(C)c(Cl)c4)CC3)n2)c1. The van der Waals surface area contributed by atoms with E-state index in [0.29, 0.717) is 67.7 Å². The molecule has 0 aliphatic carbocycles. The number of amides is 2. The summed E-state index contributed by atoms with van der Waals surface area (Å²) in [6.07, 6.45) is 1.87. The van der Waals surface area contributed by atoms with Crippen LogP contribution in [-0.2, 0) is 14.8 Å². The summed E-state index contributed by atoms with van der Waals surface area (Å²) >= 11 is 7.57. The molecule has 9 nitrogen and oxygen atoms in total. The second kappa shape index (κ2) is 12.9. The first-order valence-electron chi connectivity index (χ1n) is 12.6. The number of halogens is 1. The van der Waals surface area contributed by atoms with Gasteiger partial charge in [0, 0.05) is 54.6 Å². The number of anilines is 1. The molecule has 0 saturated carbocycles. The number of rotatable bonds is 10. The van der Waals surface area contributed by atoms with E-state index in [0.717, 1.165) is 10.6 Å². The molecule has 1 fully saturated rings. The van der Waals surface area contributed by atoms with Crippen LogP contribution in [0.4, 0.5) is 5.69 Å². The zero-order chi connectivity index (χ0) is 28.0. The first-order chi connectivity index (χ1) is 18.6. The number of carbonyl (C=O) groups excluding carboxylic acids is 2. The Kier molecular flexibility index (Phi) is 9.60. The summed E-state index contributed by atoms with van der Waals surface area (Å²) in [6, 6.07) is 11.9. The average molecular weight is 591 g/mol. The van der Waals surface area contributed by atoms with Gasteiger partial charge in [-0.25, -0.2) is 13.4 Å². The van der Waals surface area contributed by atoms with E-state index in [1.54, 1.807) is 41.8 Å². The van der Waals surface area contributed by atoms with Crippen molar-refractivity contribution in [2.24, 2.45) is 0 Å². The second-order valence-corrected chi connectivity index (χ2v) is 12.6. The Morgan fingerprint density at radius 2 is 1.95 bits per heavy atom. The van der Waals surface area contributed by atoms with Crippen molar-refractivity contribution in [2.75, 3.05) is 31.6 Å². The van der Waals surface area contributed by atoms with Gasteiger partial charge in [0.1, 0.15) is 11.4 Å². The standard InChI is InChI=1S/C27H31ClN4O5S2/c1-18-7-8-23(16-24(18)28)39(35,36)32-12-9-20(10-13-32)27-31-25(17-38-27)26(34)29-11-4-14-37-22-6-3-5-21(15-22)30-19(2)33/h3,5-8,15-17,20H,4,9-14H2,1-2H3,(H,29,34)(H,30,33). The number of piperidine rings is 1. The number of benzene rings is 2. The van der Waals surface area contributed by atoms with E-state index in [1.807, 2.05) is 6.92 Å². The quantitative estimate of drug-likeness (QED) is 0.327. The minimum atomic E-state index is -3.61. The van der Waals surface area contributed by atoms with Gasteiger partial charge in [0.05, 0.1) is 16.5 Å². The van der Waals surface area contributed by atoms with E-state index in [9.17, 15) is 18.0 Å². The summed E-state index contributed by atoms with van der Waals surface area (Å²) in [4.78, 5) is 28.5. The van der Waals surface area contributed by atoms with Gasteiger partial charge in [0.25, 0.3) is 5.91 Å². The molecule has 2 N–H and O–H groups in total. The number of aromatic nitrogens is 1. The molecule has 208 valence electrons. The van der Waals surface area contributed by atoms with E-state index in [-0.39, 0.29) is 22.6 Å². The Hall–Kier alpha value is -2.99. The van der Waals surface area contributed by atoms with Gasteiger partial charge in [0.15, 0.2) is 0 Å². The zero-order valence-corrected chi connectivity index (χ0v) is 24.2. The number of hydrogen-bond acceptors (Lipinski definition) is 7. The average Bonchev–Trinajstić information content (AvgIpc) is 3.40. The molecule has 3 aromatic rings. The summed E-state index contributed by atoms with van der Waals surface area (Å²) < 4.78 is 33.3. The molecule has 0 atom stereocenters. The molecule has 0 unspecified atom stereocenters. The number of hydrogen-bond donors (Lipinski definition) is 2. The summed E-state index contributed by atoms with van der Waals surface area (Å²) in [6.45, 7) is 4.88. The second-order valence-electron chi connectivity index (χ2n) is 9.33. The van der Waals surface area contributed by atoms with Crippen LogP contribution in [0.2, 0.25) is 5.02 Å². The smallest absolute Gasteiger partial charge is 0.270 e. The van der Waals surface area contributed by atoms with Crippen molar-refractivity contribution in [1.82, 2.24) is 14.6 Å². The summed E-state index contributed by atoms with van der Waals surface area (Å²) in [5.74, 6) is 0.341. The Bertz CT molecular complexity index is 1440. The molecule has 1 aliphatic heterocycles. The molecule has 2 heterocycles. The highest BCUT2D eigenvalue weighted by Gasteiger charge is 2.31. The molecule has 0 bridgehead atoms. The minimum absolute atomic E-state index is 0.103. The fourth-order valence-electron chi connectivity index (χ4n) is 4.23. The Morgan fingerprint density at radius 1 is 1.18 bits per heavy atom. The number of carbonyl (C=O) groups is 2. The van der Waals surface area contributed by atoms with Crippen LogP contribution in [0.15, 0.2) is 52.7 Å². The fraction of sp³-hybridized carbons (Fsp3) is 0.370. The lowest BCUT2D eigenvalue weighted by Gasteiger charge is -2.30. The van der Waals surface area contributed by atoms with Crippen molar-refractivity contribution in [3.63, 3.8) is 0 Å². The van der Waals surface area contributed by atoms with Gasteiger partial charge in [-0.3, -0.25) is 9.59 Å². The maximum Gasteiger partial charge on any atom is 0.270 e. The van der Waals surface area contributed by atoms with Crippen LogP contribution in [0.5, 0.6) is 5.75 Å². The lowest BCUT2D eigenvalue weighted by molar-refractivity contribution is -0.114. The van der Waals surface area contributed by atoms with E-state index >= 15 is 0 Å². The van der Waals surface area contributed by atoms with Crippen LogP contribution in [0.1, 0.15) is 53.2 Å². The van der Waals surface area contributed by atoms with Crippen molar-refractivity contribution in [3.05, 3.63) is 69.1 Å². The third-order valence-electron chi connectivity index (χ3n) is 6.37. The van der Waals surface area contributed by atoms with Gasteiger partial charge in [-0.05, 0) is 56.0 Å². The molecule has 4 rings (SSSR count). The summed E-state index contributed by atoms with van der Waals surface area (Å²) in [5, 5.41) is 8.59. The van der Waals surface area contributed by atoms with E-state index < -0.39 is 10.0 Å². The molecule has 0 spiro atoms. The molecule has 0 radical (unpaired) electrons. The Labute approximate surface area is 237 Å². The predicted octanol–water partition coefficient (Wildman–Crippen LogP) is 4.83. The monoisotopic (exact) mass is 590 g/mol. The van der Waals surface area contributed by atoms with Gasteiger partial charge in [-0.1, -0.05) is 23.7 Å². The first kappa shape index (κ1) is 29.0. The normalized spacial score (nSPS) is 14.6. The van der Waals surface area contributed by atoms with Crippen LogP contribution in [0.25, 0.3) is 0 Å². The number of nitrogens with zero attached hydrogens (tertiary/aromatic N) is 2. The third kappa shape index (κ3) is 7.57. The van der Waals surface area contributed by atoms with Crippen molar-refractivity contribution in [1.29, 1.82) is 0 Å². The highest BCUT2D eigenvalue weighted by Crippen LogP contribution is 2.33. The molecule has 1 aromatic heterocycles. The Morgan fingerprint density at radius 3 is 2.67 bits per heavy atom. The van der Waals surface area contributed by atoms with E-state index in [4.69, 9.17) is 16.3 Å². The maximum absolute atomic E-state index is 13.0. The molecule has 1 aliphatic rings. The fourth-order valence-corrected chi connectivity index (χ4v) is 6.94. The van der Waals surface area contributed by atoms with Crippen LogP contribution in [0, 0.1) is 6.92 Å². The van der Waals surface area contributed by atoms with Gasteiger partial charge in [-0.15, -0.1) is 11.3 Å². The highest BCUT2D eigenvalue weighted by molar-refractivity contribution is 7.89. The molecule has 1 saturated heterocycles. The summed E-state index contributed by atoms with van der Waals surface area (Å²) in [7, 11) is -3.61. The predicted molar refractivity (Wildman–Crippen MR) is 152 cm³/mol. The topological polar surface area (TPSA) is 118 Å². The Balaban J connectivity index is 1.22. The van der Waals surface area contributed by atoms with Crippen molar-refractivity contribution in [2.45, 2.75) is 43.9 Å². The number of aryl methyl sites for hydroxylation is 1. The van der Waals surface area contributed by atoms with Gasteiger partial charge in [0.2, 0.25) is 15.9 Å². The van der Waals surface area contributed by atoms with E-state index in [1.165, 1.54) is 28.6 Å². The van der Waals surface area contributed by atoms with Gasteiger partial charge in [-0.2, -0.15) is 4.31 Å². The highest BCUT2D eigenvalue weighted by atomic mass is 35.5.